The minimum absolute atomic E-state index is 0.226. The predicted octanol–water partition coefficient (Wildman–Crippen LogP) is 2.05. The minimum Gasteiger partial charge on any atom is -0.398 e. The molecule has 0 aliphatic heterocycles. The van der Waals surface area contributed by atoms with Gasteiger partial charge in [0.25, 0.3) is 0 Å². The fraction of sp³-hybridized carbons (Fsp3) is 0.400. The highest BCUT2D eigenvalue weighted by Gasteiger charge is 2.32. The second kappa shape index (κ2) is 4.53. The van der Waals surface area contributed by atoms with Crippen molar-refractivity contribution in [1.82, 2.24) is 5.32 Å². The van der Waals surface area contributed by atoms with Gasteiger partial charge in [-0.05, 0) is 37.7 Å². The summed E-state index contributed by atoms with van der Waals surface area (Å²) in [4.78, 5) is 0. The maximum atomic E-state index is 12.5. The lowest BCUT2D eigenvalue weighted by atomic mass is 10.1. The molecule has 0 bridgehead atoms. The number of alkyl halides is 3. The maximum absolute atomic E-state index is 12.5. The number of nitrogens with two attached hydrogens (primary N) is 1. The van der Waals surface area contributed by atoms with Gasteiger partial charge in [-0.3, -0.25) is 0 Å². The molecule has 84 valence electrons. The van der Waals surface area contributed by atoms with Crippen LogP contribution in [0.25, 0.3) is 0 Å². The lowest BCUT2D eigenvalue weighted by molar-refractivity contribution is -0.136. The zero-order chi connectivity index (χ0) is 11.5. The van der Waals surface area contributed by atoms with E-state index in [1.807, 2.05) is 0 Å². The molecule has 1 aromatic carbocycles. The highest BCUT2D eigenvalue weighted by Crippen LogP contribution is 2.33. The van der Waals surface area contributed by atoms with E-state index in [1.165, 1.54) is 6.07 Å². The molecule has 0 atom stereocenters. The molecule has 0 radical (unpaired) electrons. The number of hydrogen-bond donors (Lipinski definition) is 2. The molecule has 0 saturated heterocycles. The molecule has 0 saturated carbocycles. The highest BCUT2D eigenvalue weighted by molar-refractivity contribution is 5.50. The van der Waals surface area contributed by atoms with Gasteiger partial charge < -0.3 is 11.1 Å². The molecule has 0 aliphatic rings. The molecule has 0 aromatic heterocycles. The first kappa shape index (κ1) is 11.8. The summed E-state index contributed by atoms with van der Waals surface area (Å²) in [5, 5.41) is 2.88. The van der Waals surface area contributed by atoms with Crippen LogP contribution in [0.5, 0.6) is 0 Å². The lowest BCUT2D eigenvalue weighted by Crippen LogP contribution is -2.13. The summed E-state index contributed by atoms with van der Waals surface area (Å²) < 4.78 is 37.4. The van der Waals surface area contributed by atoms with E-state index >= 15 is 0 Å². The Morgan fingerprint density at radius 2 is 2.00 bits per heavy atom. The van der Waals surface area contributed by atoms with Gasteiger partial charge in [0.2, 0.25) is 0 Å². The molecule has 5 heteroatoms. The fourth-order valence-corrected chi connectivity index (χ4v) is 1.27. The summed E-state index contributed by atoms with van der Waals surface area (Å²) in [5.74, 6) is 0. The average Bonchev–Trinajstić information content (AvgIpc) is 2.15. The van der Waals surface area contributed by atoms with Crippen LogP contribution in [0.3, 0.4) is 0 Å². The SMILES string of the molecule is CNCCc1ccc(N)c(C(F)(F)F)c1. The van der Waals surface area contributed by atoms with Gasteiger partial charge in [-0.15, -0.1) is 0 Å². The Balaban J connectivity index is 2.95. The van der Waals surface area contributed by atoms with Crippen LogP contribution >= 0.6 is 0 Å². The van der Waals surface area contributed by atoms with Crippen LogP contribution in [0.2, 0.25) is 0 Å². The topological polar surface area (TPSA) is 38.0 Å². The van der Waals surface area contributed by atoms with Gasteiger partial charge >= 0.3 is 6.18 Å². The molecule has 0 aliphatic carbocycles. The Hall–Kier alpha value is -1.23. The maximum Gasteiger partial charge on any atom is 0.418 e. The summed E-state index contributed by atoms with van der Waals surface area (Å²) in [5.41, 5.74) is 4.92. The van der Waals surface area contributed by atoms with Gasteiger partial charge in [-0.1, -0.05) is 6.07 Å². The summed E-state index contributed by atoms with van der Waals surface area (Å²) >= 11 is 0. The van der Waals surface area contributed by atoms with E-state index in [-0.39, 0.29) is 5.69 Å². The Bertz CT molecular complexity index is 334. The molecular formula is C10H13F3N2. The minimum atomic E-state index is -4.38. The number of nitrogen functional groups attached to an aromatic ring is 1. The third kappa shape index (κ3) is 3.13. The number of benzene rings is 1. The first-order valence-corrected chi connectivity index (χ1v) is 4.55. The van der Waals surface area contributed by atoms with Gasteiger partial charge in [-0.25, -0.2) is 0 Å². The van der Waals surface area contributed by atoms with Gasteiger partial charge in [-0.2, -0.15) is 13.2 Å². The number of rotatable bonds is 3. The first-order valence-electron chi connectivity index (χ1n) is 4.55. The van der Waals surface area contributed by atoms with E-state index in [0.717, 1.165) is 6.07 Å². The lowest BCUT2D eigenvalue weighted by Gasteiger charge is -2.11. The molecule has 1 rings (SSSR count). The third-order valence-electron chi connectivity index (χ3n) is 2.09. The standard InChI is InChI=1S/C10H13F3N2/c1-15-5-4-7-2-3-9(14)8(6-7)10(11,12)13/h2-3,6,15H,4-5,14H2,1H3. The van der Waals surface area contributed by atoms with Gasteiger partial charge in [0.05, 0.1) is 5.56 Å². The summed E-state index contributed by atoms with van der Waals surface area (Å²) in [6.45, 7) is 0.640. The molecule has 15 heavy (non-hydrogen) atoms. The van der Waals surface area contributed by atoms with Crippen LogP contribution in [-0.4, -0.2) is 13.6 Å². The first-order chi connectivity index (χ1) is 6.95. The summed E-state index contributed by atoms with van der Waals surface area (Å²) in [6.07, 6.45) is -3.82. The molecular weight excluding hydrogens is 205 g/mol. The van der Waals surface area contributed by atoms with Crippen molar-refractivity contribution in [2.45, 2.75) is 12.6 Å². The van der Waals surface area contributed by atoms with E-state index in [2.05, 4.69) is 5.32 Å². The second-order valence-electron chi connectivity index (χ2n) is 3.27. The molecule has 1 aromatic rings. The number of halogens is 3. The molecule has 0 spiro atoms. The molecule has 0 unspecified atom stereocenters. The van der Waals surface area contributed by atoms with Crippen molar-refractivity contribution in [2.75, 3.05) is 19.3 Å². The quantitative estimate of drug-likeness (QED) is 0.762. The van der Waals surface area contributed by atoms with Gasteiger partial charge in [0.15, 0.2) is 0 Å². The van der Waals surface area contributed by atoms with E-state index in [1.54, 1.807) is 13.1 Å². The molecule has 0 heterocycles. The van der Waals surface area contributed by atoms with Crippen LogP contribution in [0.4, 0.5) is 18.9 Å². The fourth-order valence-electron chi connectivity index (χ4n) is 1.27. The summed E-state index contributed by atoms with van der Waals surface area (Å²) in [7, 11) is 1.75. The van der Waals surface area contributed by atoms with E-state index in [0.29, 0.717) is 18.5 Å². The van der Waals surface area contributed by atoms with Crippen molar-refractivity contribution in [2.24, 2.45) is 0 Å². The Labute approximate surface area is 86.3 Å². The normalized spacial score (nSPS) is 11.7. The average molecular weight is 218 g/mol. The van der Waals surface area contributed by atoms with Crippen LogP contribution in [0.1, 0.15) is 11.1 Å². The monoisotopic (exact) mass is 218 g/mol. The van der Waals surface area contributed by atoms with Gasteiger partial charge in [0, 0.05) is 5.69 Å². The van der Waals surface area contributed by atoms with Crippen molar-refractivity contribution in [3.63, 3.8) is 0 Å². The smallest absolute Gasteiger partial charge is 0.398 e. The van der Waals surface area contributed by atoms with Crippen molar-refractivity contribution in [1.29, 1.82) is 0 Å². The number of anilines is 1. The van der Waals surface area contributed by atoms with Crippen LogP contribution in [0.15, 0.2) is 18.2 Å². The zero-order valence-corrected chi connectivity index (χ0v) is 8.36. The number of hydrogen-bond acceptors (Lipinski definition) is 2. The van der Waals surface area contributed by atoms with Crippen LogP contribution < -0.4 is 11.1 Å². The van der Waals surface area contributed by atoms with Gasteiger partial charge in [0.1, 0.15) is 0 Å². The Morgan fingerprint density at radius 3 is 2.53 bits per heavy atom. The molecule has 0 fully saturated rings. The largest absolute Gasteiger partial charge is 0.418 e. The Kier molecular flexibility index (Phi) is 3.57. The Morgan fingerprint density at radius 1 is 1.33 bits per heavy atom. The van der Waals surface area contributed by atoms with E-state index in [9.17, 15) is 13.2 Å². The second-order valence-corrected chi connectivity index (χ2v) is 3.27. The highest BCUT2D eigenvalue weighted by atomic mass is 19.4. The van der Waals surface area contributed by atoms with E-state index < -0.39 is 11.7 Å². The third-order valence-corrected chi connectivity index (χ3v) is 2.09. The van der Waals surface area contributed by atoms with Crippen LogP contribution in [-0.2, 0) is 12.6 Å². The summed E-state index contributed by atoms with van der Waals surface area (Å²) in [6, 6.07) is 4.02. The van der Waals surface area contributed by atoms with E-state index in [4.69, 9.17) is 5.73 Å². The van der Waals surface area contributed by atoms with Crippen LogP contribution in [0, 0.1) is 0 Å². The molecule has 2 nitrogen and oxygen atoms in total. The van der Waals surface area contributed by atoms with Crippen molar-refractivity contribution < 1.29 is 13.2 Å². The predicted molar refractivity (Wildman–Crippen MR) is 53.5 cm³/mol. The van der Waals surface area contributed by atoms with Crippen molar-refractivity contribution in [3.8, 4) is 0 Å². The number of likely N-dealkylation sites (N-methyl/N-ethyl adjacent to an activating group) is 1. The molecule has 3 N–H and O–H groups in total. The van der Waals surface area contributed by atoms with Crippen molar-refractivity contribution >= 4 is 5.69 Å². The number of nitrogens with one attached hydrogen (secondary N) is 1. The molecule has 0 amide bonds. The zero-order valence-electron chi connectivity index (χ0n) is 8.36. The van der Waals surface area contributed by atoms with Crippen molar-refractivity contribution in [3.05, 3.63) is 29.3 Å².